The number of amides is 3. The Morgan fingerprint density at radius 1 is 1.00 bits per heavy atom. The summed E-state index contributed by atoms with van der Waals surface area (Å²) < 4.78 is 1.86. The summed E-state index contributed by atoms with van der Waals surface area (Å²) in [5.74, 6) is 0.243. The van der Waals surface area contributed by atoms with E-state index in [1.807, 2.05) is 45.9 Å². The van der Waals surface area contributed by atoms with Crippen molar-refractivity contribution >= 4 is 11.9 Å². The van der Waals surface area contributed by atoms with E-state index in [-0.39, 0.29) is 29.3 Å². The molecule has 1 saturated heterocycles. The lowest BCUT2D eigenvalue weighted by Crippen LogP contribution is -2.56. The zero-order valence-electron chi connectivity index (χ0n) is 20.8. The van der Waals surface area contributed by atoms with Gasteiger partial charge in [0.05, 0.1) is 0 Å². The zero-order chi connectivity index (χ0) is 24.9. The molecule has 3 atom stereocenters. The van der Waals surface area contributed by atoms with Crippen LogP contribution in [-0.4, -0.2) is 47.1 Å². The van der Waals surface area contributed by atoms with Crippen molar-refractivity contribution in [3.05, 3.63) is 81.8 Å². The third-order valence-electron chi connectivity index (χ3n) is 7.79. The van der Waals surface area contributed by atoms with E-state index in [0.29, 0.717) is 32.6 Å². The number of fused-ring (bicyclic) bond motifs is 4. The van der Waals surface area contributed by atoms with Crippen LogP contribution in [0, 0.1) is 5.92 Å². The molecule has 7 nitrogen and oxygen atoms in total. The molecule has 36 heavy (non-hydrogen) atoms. The summed E-state index contributed by atoms with van der Waals surface area (Å²) in [6, 6.07) is 14.4. The number of urea groups is 1. The lowest BCUT2D eigenvalue weighted by Gasteiger charge is -2.43. The number of nitrogens with zero attached hydrogens (tertiary/aromatic N) is 2. The minimum Gasteiger partial charge on any atom is -0.354 e. The van der Waals surface area contributed by atoms with E-state index in [4.69, 9.17) is 0 Å². The van der Waals surface area contributed by atoms with Crippen molar-refractivity contribution in [3.8, 4) is 0 Å². The molecule has 1 aliphatic carbocycles. The zero-order valence-corrected chi connectivity index (χ0v) is 20.8. The van der Waals surface area contributed by atoms with Crippen molar-refractivity contribution < 1.29 is 9.59 Å². The van der Waals surface area contributed by atoms with E-state index < -0.39 is 6.04 Å². The number of likely N-dealkylation sites (tertiary alicyclic amines) is 1. The van der Waals surface area contributed by atoms with Crippen LogP contribution in [0.15, 0.2) is 65.0 Å². The van der Waals surface area contributed by atoms with Gasteiger partial charge < -0.3 is 20.1 Å². The largest absolute Gasteiger partial charge is 0.354 e. The van der Waals surface area contributed by atoms with Gasteiger partial charge in [-0.05, 0) is 56.1 Å². The van der Waals surface area contributed by atoms with Gasteiger partial charge in [0.25, 0.3) is 5.56 Å². The quantitative estimate of drug-likeness (QED) is 0.584. The smallest absolute Gasteiger partial charge is 0.318 e. The second-order valence-electron chi connectivity index (χ2n) is 10.4. The highest BCUT2D eigenvalue weighted by molar-refractivity contribution is 5.87. The summed E-state index contributed by atoms with van der Waals surface area (Å²) in [6.07, 6.45) is 9.33. The summed E-state index contributed by atoms with van der Waals surface area (Å²) in [6.45, 7) is 2.38. The molecule has 3 amide bonds. The molecule has 0 saturated carbocycles. The number of hydrogen-bond donors (Lipinski definition) is 2. The second-order valence-corrected chi connectivity index (χ2v) is 10.4. The Labute approximate surface area is 212 Å². The van der Waals surface area contributed by atoms with Gasteiger partial charge >= 0.3 is 6.03 Å². The maximum absolute atomic E-state index is 13.4. The first-order valence-corrected chi connectivity index (χ1v) is 13.3. The van der Waals surface area contributed by atoms with Crippen LogP contribution >= 0.6 is 0 Å². The molecule has 3 unspecified atom stereocenters. The molecule has 190 valence electrons. The Bertz CT molecular complexity index is 1170. The van der Waals surface area contributed by atoms with E-state index >= 15 is 0 Å². The number of rotatable bonds is 7. The average molecular weight is 489 g/mol. The van der Waals surface area contributed by atoms with Crippen LogP contribution in [-0.2, 0) is 17.8 Å². The fourth-order valence-corrected chi connectivity index (χ4v) is 5.96. The molecular weight excluding hydrogens is 452 g/mol. The van der Waals surface area contributed by atoms with E-state index in [9.17, 15) is 14.4 Å². The topological polar surface area (TPSA) is 83.4 Å². The molecule has 2 N–H and O–H groups in total. The van der Waals surface area contributed by atoms with Crippen LogP contribution in [0.2, 0.25) is 0 Å². The Hall–Kier alpha value is -3.35. The van der Waals surface area contributed by atoms with Gasteiger partial charge in [-0.25, -0.2) is 4.79 Å². The van der Waals surface area contributed by atoms with E-state index in [1.54, 1.807) is 12.1 Å². The Morgan fingerprint density at radius 2 is 1.86 bits per heavy atom. The minimum atomic E-state index is -0.642. The van der Waals surface area contributed by atoms with Crippen LogP contribution < -0.4 is 16.2 Å². The molecule has 2 bridgehead atoms. The van der Waals surface area contributed by atoms with Crippen molar-refractivity contribution in [2.24, 2.45) is 5.92 Å². The SMILES string of the molecule is O=C(NCCC1=CCCCC1)C(Cc1ccccc1)NC(=O)N1CC2CC(C1)c1cccc(=O)n1C2. The number of pyridine rings is 1. The standard InChI is InChI=1S/C29H36N4O3/c34-27-13-7-12-26-24-16-23(19-33(26)27)18-32(20-24)29(36)31-25(17-22-10-5-2-6-11-22)28(35)30-15-14-21-8-3-1-4-9-21/h2,5-8,10-13,23-25H,1,3-4,9,14-20H2,(H,30,35)(H,31,36). The van der Waals surface area contributed by atoms with Gasteiger partial charge in [0.1, 0.15) is 6.04 Å². The molecule has 2 aromatic rings. The monoisotopic (exact) mass is 488 g/mol. The first-order chi connectivity index (χ1) is 17.6. The molecule has 0 spiro atoms. The maximum atomic E-state index is 13.4. The molecule has 5 rings (SSSR count). The van der Waals surface area contributed by atoms with Crippen molar-refractivity contribution in [2.75, 3.05) is 19.6 Å². The number of hydrogen-bond acceptors (Lipinski definition) is 3. The van der Waals surface area contributed by atoms with Gasteiger partial charge in [-0.1, -0.05) is 48.0 Å². The normalized spacial score (nSPS) is 21.7. The molecule has 1 aromatic carbocycles. The molecular formula is C29H36N4O3. The summed E-state index contributed by atoms with van der Waals surface area (Å²) >= 11 is 0. The summed E-state index contributed by atoms with van der Waals surface area (Å²) in [5.41, 5.74) is 3.47. The van der Waals surface area contributed by atoms with Crippen molar-refractivity contribution in [2.45, 2.75) is 63.5 Å². The minimum absolute atomic E-state index is 0.0312. The van der Waals surface area contributed by atoms with Gasteiger partial charge in [-0.3, -0.25) is 9.59 Å². The van der Waals surface area contributed by atoms with Crippen molar-refractivity contribution in [1.29, 1.82) is 0 Å². The number of carbonyl (C=O) groups excluding carboxylic acids is 2. The van der Waals surface area contributed by atoms with Crippen molar-refractivity contribution in [3.63, 3.8) is 0 Å². The highest BCUT2D eigenvalue weighted by Crippen LogP contribution is 2.34. The van der Waals surface area contributed by atoms with Gasteiger partial charge in [0.2, 0.25) is 5.91 Å². The number of nitrogens with one attached hydrogen (secondary N) is 2. The third-order valence-corrected chi connectivity index (χ3v) is 7.79. The number of allylic oxidation sites excluding steroid dienone is 1. The van der Waals surface area contributed by atoms with Crippen molar-refractivity contribution in [1.82, 2.24) is 20.1 Å². The summed E-state index contributed by atoms with van der Waals surface area (Å²) in [7, 11) is 0. The molecule has 3 heterocycles. The van der Waals surface area contributed by atoms with E-state index in [2.05, 4.69) is 16.7 Å². The number of benzene rings is 1. The predicted molar refractivity (Wildman–Crippen MR) is 140 cm³/mol. The molecule has 2 aliphatic heterocycles. The second kappa shape index (κ2) is 11.1. The van der Waals surface area contributed by atoms with Gasteiger partial charge in [0, 0.05) is 50.3 Å². The summed E-state index contributed by atoms with van der Waals surface area (Å²) in [4.78, 5) is 40.7. The van der Waals surface area contributed by atoms with Gasteiger partial charge in [-0.15, -0.1) is 0 Å². The van der Waals surface area contributed by atoms with Crippen LogP contribution in [0.4, 0.5) is 4.79 Å². The van der Waals surface area contributed by atoms with Crippen LogP contribution in [0.25, 0.3) is 0 Å². The molecule has 1 fully saturated rings. The fourth-order valence-electron chi connectivity index (χ4n) is 5.96. The third kappa shape index (κ3) is 5.72. The highest BCUT2D eigenvalue weighted by Gasteiger charge is 2.37. The number of aromatic nitrogens is 1. The Kier molecular flexibility index (Phi) is 7.54. The fraction of sp³-hybridized carbons (Fsp3) is 0.483. The predicted octanol–water partition coefficient (Wildman–Crippen LogP) is 3.60. The van der Waals surface area contributed by atoms with Crippen LogP contribution in [0.5, 0.6) is 0 Å². The van der Waals surface area contributed by atoms with Crippen LogP contribution in [0.3, 0.4) is 0 Å². The molecule has 1 aromatic heterocycles. The van der Waals surface area contributed by atoms with Gasteiger partial charge in [0.15, 0.2) is 0 Å². The summed E-state index contributed by atoms with van der Waals surface area (Å²) in [5, 5.41) is 6.11. The molecule has 3 aliphatic rings. The Balaban J connectivity index is 1.24. The average Bonchev–Trinajstić information content (AvgIpc) is 2.90. The molecule has 0 radical (unpaired) electrons. The first kappa shape index (κ1) is 24.3. The number of piperidine rings is 1. The maximum Gasteiger partial charge on any atom is 0.318 e. The first-order valence-electron chi connectivity index (χ1n) is 13.3. The van der Waals surface area contributed by atoms with E-state index in [0.717, 1.165) is 36.9 Å². The lowest BCUT2D eigenvalue weighted by molar-refractivity contribution is -0.122. The number of carbonyl (C=O) groups is 2. The van der Waals surface area contributed by atoms with Gasteiger partial charge in [-0.2, -0.15) is 0 Å². The van der Waals surface area contributed by atoms with Crippen LogP contribution in [0.1, 0.15) is 55.7 Å². The lowest BCUT2D eigenvalue weighted by atomic mass is 9.83. The highest BCUT2D eigenvalue weighted by atomic mass is 16.2. The molecule has 7 heteroatoms. The van der Waals surface area contributed by atoms with E-state index in [1.165, 1.54) is 18.4 Å². The Morgan fingerprint density at radius 3 is 2.67 bits per heavy atom.